The van der Waals surface area contributed by atoms with Crippen molar-refractivity contribution in [1.29, 1.82) is 0 Å². The minimum atomic E-state index is 0.890. The normalized spacial score (nSPS) is 11.5. The molecule has 0 N–H and O–H groups in total. The minimum absolute atomic E-state index is 0.890. The summed E-state index contributed by atoms with van der Waals surface area (Å²) in [4.78, 5) is 7.21. The van der Waals surface area contributed by atoms with E-state index in [1.54, 1.807) is 11.8 Å². The van der Waals surface area contributed by atoms with Gasteiger partial charge in [-0.3, -0.25) is 4.99 Å². The molecule has 0 saturated heterocycles. The second kappa shape index (κ2) is 10.1. The van der Waals surface area contributed by atoms with Gasteiger partial charge in [0.25, 0.3) is 0 Å². The van der Waals surface area contributed by atoms with Crippen LogP contribution in [0.25, 0.3) is 0 Å². The van der Waals surface area contributed by atoms with Crippen molar-refractivity contribution in [2.24, 2.45) is 4.99 Å². The molecule has 0 fully saturated rings. The second-order valence-electron chi connectivity index (χ2n) is 5.55. The van der Waals surface area contributed by atoms with E-state index in [-0.39, 0.29) is 0 Å². The predicted molar refractivity (Wildman–Crippen MR) is 103 cm³/mol. The van der Waals surface area contributed by atoms with Crippen LogP contribution in [0.1, 0.15) is 30.9 Å². The topological polar surface area (TPSA) is 15.6 Å². The Morgan fingerprint density at radius 3 is 1.87 bits per heavy atom. The van der Waals surface area contributed by atoms with Gasteiger partial charge in [-0.25, -0.2) is 0 Å². The highest BCUT2D eigenvalue weighted by Crippen LogP contribution is 2.16. The fraction of sp³-hybridized carbons (Fsp3) is 0.350. The summed E-state index contributed by atoms with van der Waals surface area (Å²) in [7, 11) is 0. The number of thioether (sulfide) groups is 1. The van der Waals surface area contributed by atoms with Crippen LogP contribution in [0.3, 0.4) is 0 Å². The zero-order valence-electron chi connectivity index (χ0n) is 14.1. The SMILES string of the molecule is CCCCN=C(SC)N(Cc1ccccc1)Cc1ccccc1. The summed E-state index contributed by atoms with van der Waals surface area (Å²) in [5.74, 6) is 0. The molecule has 0 unspecified atom stereocenters. The molecule has 2 rings (SSSR count). The molecule has 0 radical (unpaired) electrons. The average Bonchev–Trinajstić information content (AvgIpc) is 2.60. The minimum Gasteiger partial charge on any atom is -0.343 e. The average molecular weight is 327 g/mol. The first-order valence-corrected chi connectivity index (χ1v) is 9.47. The molecule has 0 atom stereocenters. The van der Waals surface area contributed by atoms with Crippen LogP contribution in [0.2, 0.25) is 0 Å². The first kappa shape index (κ1) is 17.6. The maximum Gasteiger partial charge on any atom is 0.159 e. The maximum atomic E-state index is 4.83. The standard InChI is InChI=1S/C20H26N2S/c1-3-4-15-21-20(23-2)22(16-18-11-7-5-8-12-18)17-19-13-9-6-10-14-19/h5-14H,3-4,15-17H2,1-2H3. The number of unbranched alkanes of at least 4 members (excludes halogenated alkanes) is 1. The van der Waals surface area contributed by atoms with E-state index in [1.165, 1.54) is 17.5 Å². The molecule has 0 spiro atoms. The summed E-state index contributed by atoms with van der Waals surface area (Å²) in [5, 5.41) is 1.13. The smallest absolute Gasteiger partial charge is 0.159 e. The molecule has 0 heterocycles. The van der Waals surface area contributed by atoms with Crippen LogP contribution >= 0.6 is 11.8 Å². The number of hydrogen-bond acceptors (Lipinski definition) is 2. The maximum absolute atomic E-state index is 4.83. The monoisotopic (exact) mass is 326 g/mol. The van der Waals surface area contributed by atoms with Gasteiger partial charge in [-0.05, 0) is 23.8 Å². The Hall–Kier alpha value is -1.74. The third kappa shape index (κ3) is 6.11. The van der Waals surface area contributed by atoms with Crippen LogP contribution in [0.5, 0.6) is 0 Å². The van der Waals surface area contributed by atoms with Crippen molar-refractivity contribution < 1.29 is 0 Å². The van der Waals surface area contributed by atoms with Gasteiger partial charge < -0.3 is 4.90 Å². The van der Waals surface area contributed by atoms with Gasteiger partial charge in [0.05, 0.1) is 0 Å². The molecule has 0 aliphatic carbocycles. The van der Waals surface area contributed by atoms with Crippen molar-refractivity contribution in [1.82, 2.24) is 4.90 Å². The van der Waals surface area contributed by atoms with Crippen LogP contribution in [-0.4, -0.2) is 22.9 Å². The van der Waals surface area contributed by atoms with E-state index in [0.29, 0.717) is 0 Å². The lowest BCUT2D eigenvalue weighted by Crippen LogP contribution is -2.28. The molecule has 2 aromatic carbocycles. The summed E-state index contributed by atoms with van der Waals surface area (Å²) in [6.07, 6.45) is 4.45. The molecule has 0 bridgehead atoms. The van der Waals surface area contributed by atoms with E-state index in [0.717, 1.165) is 31.2 Å². The zero-order chi connectivity index (χ0) is 16.3. The van der Waals surface area contributed by atoms with Crippen LogP contribution in [0.4, 0.5) is 0 Å². The highest BCUT2D eigenvalue weighted by molar-refractivity contribution is 8.13. The highest BCUT2D eigenvalue weighted by atomic mass is 32.2. The molecular formula is C20H26N2S. The summed E-state index contributed by atoms with van der Waals surface area (Å²) in [6, 6.07) is 21.3. The largest absolute Gasteiger partial charge is 0.343 e. The fourth-order valence-electron chi connectivity index (χ4n) is 2.43. The Balaban J connectivity index is 2.17. The van der Waals surface area contributed by atoms with Crippen LogP contribution < -0.4 is 0 Å². The van der Waals surface area contributed by atoms with Gasteiger partial charge in [0.2, 0.25) is 0 Å². The van der Waals surface area contributed by atoms with Gasteiger partial charge >= 0.3 is 0 Å². The van der Waals surface area contributed by atoms with Gasteiger partial charge in [-0.1, -0.05) is 85.8 Å². The van der Waals surface area contributed by atoms with Gasteiger partial charge in [-0.2, -0.15) is 0 Å². The molecular weight excluding hydrogens is 300 g/mol. The molecule has 122 valence electrons. The Bertz CT molecular complexity index is 540. The number of benzene rings is 2. The Labute approximate surface area is 144 Å². The number of aliphatic imine (C=N–C) groups is 1. The summed E-state index contributed by atoms with van der Waals surface area (Å²) < 4.78 is 0. The van der Waals surface area contributed by atoms with Crippen molar-refractivity contribution in [2.75, 3.05) is 12.8 Å². The first-order chi connectivity index (χ1) is 11.3. The lowest BCUT2D eigenvalue weighted by atomic mass is 10.2. The molecule has 2 nitrogen and oxygen atoms in total. The zero-order valence-corrected chi connectivity index (χ0v) is 14.9. The Morgan fingerprint density at radius 1 is 0.913 bits per heavy atom. The molecule has 0 aromatic heterocycles. The van der Waals surface area contributed by atoms with E-state index in [1.807, 2.05) is 0 Å². The molecule has 0 aliphatic rings. The number of rotatable bonds is 7. The Kier molecular flexibility index (Phi) is 7.74. The first-order valence-electron chi connectivity index (χ1n) is 8.24. The van der Waals surface area contributed by atoms with Gasteiger partial charge in [0.15, 0.2) is 5.17 Å². The predicted octanol–water partition coefficient (Wildman–Crippen LogP) is 5.21. The van der Waals surface area contributed by atoms with Crippen molar-refractivity contribution in [3.8, 4) is 0 Å². The van der Waals surface area contributed by atoms with Crippen LogP contribution in [0.15, 0.2) is 65.7 Å². The van der Waals surface area contributed by atoms with Gasteiger partial charge in [0, 0.05) is 19.6 Å². The third-order valence-corrected chi connectivity index (χ3v) is 4.40. The number of amidine groups is 1. The summed E-state index contributed by atoms with van der Waals surface area (Å²) >= 11 is 1.74. The molecule has 3 heteroatoms. The van der Waals surface area contributed by atoms with Crippen molar-refractivity contribution in [2.45, 2.75) is 32.9 Å². The van der Waals surface area contributed by atoms with Crippen molar-refractivity contribution >= 4 is 16.9 Å². The Morgan fingerprint density at radius 2 is 1.43 bits per heavy atom. The summed E-state index contributed by atoms with van der Waals surface area (Å²) in [6.45, 7) is 4.90. The van der Waals surface area contributed by atoms with E-state index < -0.39 is 0 Å². The number of hydrogen-bond donors (Lipinski definition) is 0. The van der Waals surface area contributed by atoms with Crippen LogP contribution in [0, 0.1) is 0 Å². The van der Waals surface area contributed by atoms with Crippen LogP contribution in [-0.2, 0) is 13.1 Å². The van der Waals surface area contributed by atoms with Crippen molar-refractivity contribution in [3.63, 3.8) is 0 Å². The quantitative estimate of drug-likeness (QED) is 0.394. The van der Waals surface area contributed by atoms with Crippen molar-refractivity contribution in [3.05, 3.63) is 71.8 Å². The molecule has 2 aromatic rings. The molecule has 0 amide bonds. The molecule has 0 aliphatic heterocycles. The second-order valence-corrected chi connectivity index (χ2v) is 6.32. The van der Waals surface area contributed by atoms with E-state index >= 15 is 0 Å². The number of nitrogens with zero attached hydrogens (tertiary/aromatic N) is 2. The molecule has 0 saturated carbocycles. The summed E-state index contributed by atoms with van der Waals surface area (Å²) in [5.41, 5.74) is 2.64. The third-order valence-electron chi connectivity index (χ3n) is 3.64. The molecule has 23 heavy (non-hydrogen) atoms. The lowest BCUT2D eigenvalue weighted by Gasteiger charge is -2.25. The van der Waals surface area contributed by atoms with E-state index in [9.17, 15) is 0 Å². The van der Waals surface area contributed by atoms with Gasteiger partial charge in [-0.15, -0.1) is 0 Å². The van der Waals surface area contributed by atoms with Gasteiger partial charge in [0.1, 0.15) is 0 Å². The van der Waals surface area contributed by atoms with E-state index in [2.05, 4.69) is 78.7 Å². The fourth-order valence-corrected chi connectivity index (χ4v) is 3.03. The lowest BCUT2D eigenvalue weighted by molar-refractivity contribution is 0.413. The van der Waals surface area contributed by atoms with E-state index in [4.69, 9.17) is 4.99 Å². The highest BCUT2D eigenvalue weighted by Gasteiger charge is 2.12.